The molecule has 0 amide bonds. The Hall–Kier alpha value is -2.54. The summed E-state index contributed by atoms with van der Waals surface area (Å²) in [5, 5.41) is 8.94. The predicted molar refractivity (Wildman–Crippen MR) is 112 cm³/mol. The van der Waals surface area contributed by atoms with E-state index in [4.69, 9.17) is 18.9 Å². The molecule has 0 aliphatic heterocycles. The van der Waals surface area contributed by atoms with Crippen LogP contribution in [0.3, 0.4) is 0 Å². The normalized spacial score (nSPS) is 14.4. The molecule has 0 aliphatic carbocycles. The number of benzene rings is 2. The highest BCUT2D eigenvalue weighted by Gasteiger charge is 2.46. The van der Waals surface area contributed by atoms with Gasteiger partial charge in [-0.3, -0.25) is 9.36 Å². The second kappa shape index (κ2) is 11.2. The minimum atomic E-state index is -3.99. The van der Waals surface area contributed by atoms with Crippen LogP contribution in [0.2, 0.25) is 0 Å². The molecule has 0 unspecified atom stereocenters. The Kier molecular flexibility index (Phi) is 8.92. The zero-order valence-electron chi connectivity index (χ0n) is 17.4. The van der Waals surface area contributed by atoms with E-state index in [9.17, 15) is 18.5 Å². The lowest BCUT2D eigenvalue weighted by molar-refractivity contribution is -0.154. The maximum absolute atomic E-state index is 14.0. The summed E-state index contributed by atoms with van der Waals surface area (Å²) in [7, 11) is -2.89. The third-order valence-corrected chi connectivity index (χ3v) is 6.79. The van der Waals surface area contributed by atoms with Crippen molar-refractivity contribution in [3.05, 3.63) is 71.8 Å². The third kappa shape index (κ3) is 7.58. The molecule has 0 bridgehead atoms. The topological polar surface area (TPSA) is 99.1 Å². The van der Waals surface area contributed by atoms with Crippen LogP contribution in [0, 0.1) is 5.41 Å². The number of esters is 1. The van der Waals surface area contributed by atoms with Gasteiger partial charge in [-0.05, 0) is 18.1 Å². The van der Waals surface area contributed by atoms with E-state index in [0.29, 0.717) is 0 Å². The molecular weight excluding hydrogens is 426 g/mol. The number of carboxylic acid groups (broad SMARTS) is 1. The predicted octanol–water partition coefficient (Wildman–Crippen LogP) is 4.61. The van der Waals surface area contributed by atoms with Crippen molar-refractivity contribution in [3.63, 3.8) is 0 Å². The highest BCUT2D eigenvalue weighted by Crippen LogP contribution is 2.55. The third-order valence-electron chi connectivity index (χ3n) is 4.66. The summed E-state index contributed by atoms with van der Waals surface area (Å²) in [6, 6.07) is 17.8. The molecule has 0 heterocycles. The van der Waals surface area contributed by atoms with E-state index in [1.54, 1.807) is 48.5 Å². The van der Waals surface area contributed by atoms with Crippen LogP contribution < -0.4 is 0 Å². The number of carboxylic acids is 1. The van der Waals surface area contributed by atoms with E-state index in [-0.39, 0.29) is 13.2 Å². The monoisotopic (exact) mass is 452 g/mol. The van der Waals surface area contributed by atoms with Gasteiger partial charge in [-0.15, -0.1) is 0 Å². The van der Waals surface area contributed by atoms with Crippen molar-refractivity contribution in [1.82, 2.24) is 0 Å². The van der Waals surface area contributed by atoms with Gasteiger partial charge in [-0.1, -0.05) is 60.7 Å². The van der Waals surface area contributed by atoms with E-state index < -0.39 is 43.7 Å². The SMILES string of the molecule is COC(=O)[C@](C)(C[C@H](F)C(=O)O)CP(=O)(OCc1ccccc1)OCc1ccccc1. The number of carbonyl (C=O) groups excluding carboxylic acids is 1. The molecule has 0 aromatic heterocycles. The minimum absolute atomic E-state index is 0.0673. The molecule has 7 nitrogen and oxygen atoms in total. The molecule has 0 saturated heterocycles. The average molecular weight is 452 g/mol. The fourth-order valence-electron chi connectivity index (χ4n) is 2.99. The van der Waals surface area contributed by atoms with Gasteiger partial charge >= 0.3 is 19.5 Å². The molecule has 0 saturated carbocycles. The van der Waals surface area contributed by atoms with Crippen molar-refractivity contribution in [2.75, 3.05) is 13.3 Å². The van der Waals surface area contributed by atoms with Crippen molar-refractivity contribution in [2.24, 2.45) is 5.41 Å². The van der Waals surface area contributed by atoms with Gasteiger partial charge in [0.15, 0.2) is 6.17 Å². The van der Waals surface area contributed by atoms with Crippen molar-refractivity contribution in [3.8, 4) is 0 Å². The first kappa shape index (κ1) is 24.7. The largest absolute Gasteiger partial charge is 0.479 e. The van der Waals surface area contributed by atoms with Gasteiger partial charge in [0.2, 0.25) is 0 Å². The Labute approximate surface area is 180 Å². The summed E-state index contributed by atoms with van der Waals surface area (Å²) in [4.78, 5) is 23.4. The highest BCUT2D eigenvalue weighted by molar-refractivity contribution is 7.53. The van der Waals surface area contributed by atoms with Crippen LogP contribution >= 0.6 is 7.60 Å². The molecule has 1 N–H and O–H groups in total. The second-order valence-electron chi connectivity index (χ2n) is 7.35. The first-order valence-corrected chi connectivity index (χ1v) is 11.3. The molecule has 0 fully saturated rings. The number of hydrogen-bond donors (Lipinski definition) is 1. The number of alkyl halides is 1. The van der Waals surface area contributed by atoms with Crippen LogP contribution in [-0.2, 0) is 41.2 Å². The fourth-order valence-corrected chi connectivity index (χ4v) is 5.05. The first-order chi connectivity index (χ1) is 14.7. The molecular formula is C22H26FO7P. The Morgan fingerprint density at radius 2 is 1.45 bits per heavy atom. The molecule has 31 heavy (non-hydrogen) atoms. The van der Waals surface area contributed by atoms with Gasteiger partial charge in [0, 0.05) is 6.42 Å². The molecule has 9 heteroatoms. The van der Waals surface area contributed by atoms with Gasteiger partial charge < -0.3 is 18.9 Å². The van der Waals surface area contributed by atoms with E-state index in [0.717, 1.165) is 18.2 Å². The first-order valence-electron chi connectivity index (χ1n) is 9.59. The number of halogens is 1. The number of ether oxygens (including phenoxy) is 1. The van der Waals surface area contributed by atoms with Gasteiger partial charge in [-0.25, -0.2) is 9.18 Å². The Morgan fingerprint density at radius 1 is 1.00 bits per heavy atom. The van der Waals surface area contributed by atoms with Gasteiger partial charge in [0.25, 0.3) is 0 Å². The summed E-state index contributed by atoms with van der Waals surface area (Å²) >= 11 is 0. The van der Waals surface area contributed by atoms with E-state index in [1.807, 2.05) is 12.1 Å². The van der Waals surface area contributed by atoms with Crippen molar-refractivity contribution in [1.29, 1.82) is 0 Å². The fraction of sp³-hybridized carbons (Fsp3) is 0.364. The molecule has 2 atom stereocenters. The molecule has 0 spiro atoms. The van der Waals surface area contributed by atoms with Crippen LogP contribution in [0.15, 0.2) is 60.7 Å². The lowest BCUT2D eigenvalue weighted by Gasteiger charge is -2.30. The summed E-state index contributed by atoms with van der Waals surface area (Å²) in [6.45, 7) is 1.16. The molecule has 168 valence electrons. The number of rotatable bonds is 12. The van der Waals surface area contributed by atoms with E-state index >= 15 is 0 Å². The zero-order valence-corrected chi connectivity index (χ0v) is 18.3. The van der Waals surface area contributed by atoms with Crippen molar-refractivity contribution < 1.29 is 37.4 Å². The number of aliphatic carboxylic acids is 1. The van der Waals surface area contributed by atoms with Crippen LogP contribution in [0.25, 0.3) is 0 Å². The molecule has 0 aliphatic rings. The number of carbonyl (C=O) groups is 2. The summed E-state index contributed by atoms with van der Waals surface area (Å²) in [5.74, 6) is -2.62. The maximum atomic E-state index is 14.0. The highest BCUT2D eigenvalue weighted by atomic mass is 31.2. The van der Waals surface area contributed by atoms with E-state index in [1.165, 1.54) is 6.92 Å². The maximum Gasteiger partial charge on any atom is 0.338 e. The average Bonchev–Trinajstić information content (AvgIpc) is 2.77. The standard InChI is InChI=1S/C22H26FO7P/c1-22(21(26)28-2,13-19(23)20(24)25)16-31(27,29-14-17-9-5-3-6-10-17)30-15-18-11-7-4-8-12-18/h3-12,19H,13-16H2,1-2H3,(H,24,25)/t19-,22+/m0/s1. The lowest BCUT2D eigenvalue weighted by Crippen LogP contribution is -2.38. The van der Waals surface area contributed by atoms with Crippen LogP contribution in [-0.4, -0.2) is 36.5 Å². The summed E-state index contributed by atoms with van der Waals surface area (Å²) in [5.41, 5.74) is -0.297. The molecule has 0 radical (unpaired) electrons. The number of methoxy groups -OCH3 is 1. The summed E-state index contributed by atoms with van der Waals surface area (Å²) < 4.78 is 43.6. The summed E-state index contributed by atoms with van der Waals surface area (Å²) in [6.07, 6.45) is -3.62. The Balaban J connectivity index is 2.27. The van der Waals surface area contributed by atoms with Gasteiger partial charge in [0.1, 0.15) is 0 Å². The van der Waals surface area contributed by atoms with Crippen LogP contribution in [0.1, 0.15) is 24.5 Å². The quantitative estimate of drug-likeness (QED) is 0.371. The minimum Gasteiger partial charge on any atom is -0.479 e. The lowest BCUT2D eigenvalue weighted by atomic mass is 9.87. The van der Waals surface area contributed by atoms with Gasteiger partial charge in [-0.2, -0.15) is 0 Å². The molecule has 2 aromatic rings. The smallest absolute Gasteiger partial charge is 0.338 e. The Bertz CT molecular complexity index is 859. The van der Waals surface area contributed by atoms with Gasteiger partial charge in [0.05, 0.1) is 31.9 Å². The number of hydrogen-bond acceptors (Lipinski definition) is 6. The Morgan fingerprint density at radius 3 is 1.84 bits per heavy atom. The zero-order chi connectivity index (χ0) is 22.9. The second-order valence-corrected chi connectivity index (χ2v) is 9.40. The van der Waals surface area contributed by atoms with Crippen LogP contribution in [0.5, 0.6) is 0 Å². The molecule has 2 rings (SSSR count). The molecule has 2 aromatic carbocycles. The van der Waals surface area contributed by atoms with Crippen molar-refractivity contribution >= 4 is 19.5 Å². The van der Waals surface area contributed by atoms with Crippen molar-refractivity contribution in [2.45, 2.75) is 32.7 Å². The van der Waals surface area contributed by atoms with E-state index in [2.05, 4.69) is 0 Å². The van der Waals surface area contributed by atoms with Crippen LogP contribution in [0.4, 0.5) is 4.39 Å².